The summed E-state index contributed by atoms with van der Waals surface area (Å²) < 4.78 is 5.09. The minimum Gasteiger partial charge on any atom is -0.477 e. The van der Waals surface area contributed by atoms with Gasteiger partial charge in [-0.2, -0.15) is 0 Å². The summed E-state index contributed by atoms with van der Waals surface area (Å²) >= 11 is 0. The molecule has 1 rings (SSSR count). The van der Waals surface area contributed by atoms with Gasteiger partial charge in [0.15, 0.2) is 12.4 Å². The maximum atomic E-state index is 11.4. The van der Waals surface area contributed by atoms with E-state index >= 15 is 0 Å². The molecule has 102 valence electrons. The molecule has 0 atom stereocenters. The van der Waals surface area contributed by atoms with Gasteiger partial charge in [-0.1, -0.05) is 0 Å². The Labute approximate surface area is 109 Å². The molecule has 1 aromatic rings. The molecule has 0 aromatic heterocycles. The van der Waals surface area contributed by atoms with E-state index in [-0.39, 0.29) is 35.6 Å². The second-order valence-corrected chi connectivity index (χ2v) is 4.11. The Morgan fingerprint density at radius 3 is 2.74 bits per heavy atom. The first-order valence-corrected chi connectivity index (χ1v) is 5.60. The van der Waals surface area contributed by atoms with Crippen molar-refractivity contribution in [2.45, 2.75) is 19.9 Å². The largest absolute Gasteiger partial charge is 0.477 e. The third-order valence-corrected chi connectivity index (χ3v) is 2.12. The van der Waals surface area contributed by atoms with Crippen molar-refractivity contribution in [1.82, 2.24) is 5.32 Å². The molecule has 19 heavy (non-hydrogen) atoms. The Morgan fingerprint density at radius 1 is 1.53 bits per heavy atom. The fourth-order valence-corrected chi connectivity index (χ4v) is 1.38. The number of hydrogen-bond donors (Lipinski definition) is 1. The third kappa shape index (κ3) is 4.38. The number of amides is 1. The van der Waals surface area contributed by atoms with E-state index in [9.17, 15) is 19.7 Å². The molecule has 7 heteroatoms. The van der Waals surface area contributed by atoms with Crippen LogP contribution in [0.1, 0.15) is 24.2 Å². The zero-order valence-electron chi connectivity index (χ0n) is 10.6. The molecule has 0 unspecified atom stereocenters. The number of hydrogen-bond acceptors (Lipinski definition) is 5. The van der Waals surface area contributed by atoms with E-state index < -0.39 is 4.92 Å². The van der Waals surface area contributed by atoms with Crippen LogP contribution in [0.3, 0.4) is 0 Å². The number of nitrogens with one attached hydrogen (secondary N) is 1. The molecular formula is C12H14N2O5. The lowest BCUT2D eigenvalue weighted by Crippen LogP contribution is -2.34. The number of ether oxygens (including phenoxy) is 1. The van der Waals surface area contributed by atoms with Gasteiger partial charge >= 0.3 is 5.69 Å². The normalized spacial score (nSPS) is 10.1. The van der Waals surface area contributed by atoms with Gasteiger partial charge < -0.3 is 10.1 Å². The summed E-state index contributed by atoms with van der Waals surface area (Å²) in [4.78, 5) is 32.1. The van der Waals surface area contributed by atoms with E-state index in [0.717, 1.165) is 6.07 Å². The van der Waals surface area contributed by atoms with Crippen LogP contribution in [0.2, 0.25) is 0 Å². The number of carbonyl (C=O) groups is 2. The molecule has 0 aliphatic heterocycles. The van der Waals surface area contributed by atoms with Gasteiger partial charge in [0, 0.05) is 17.7 Å². The van der Waals surface area contributed by atoms with E-state index in [1.165, 1.54) is 12.1 Å². The molecule has 7 nitrogen and oxygen atoms in total. The highest BCUT2D eigenvalue weighted by atomic mass is 16.6. The second kappa shape index (κ2) is 6.48. The summed E-state index contributed by atoms with van der Waals surface area (Å²) in [7, 11) is 0. The van der Waals surface area contributed by atoms with Crippen LogP contribution in [0.4, 0.5) is 5.69 Å². The highest BCUT2D eigenvalue weighted by Crippen LogP contribution is 2.27. The summed E-state index contributed by atoms with van der Waals surface area (Å²) in [5.41, 5.74) is -0.173. The molecule has 0 heterocycles. The van der Waals surface area contributed by atoms with Crippen LogP contribution in [0, 0.1) is 10.1 Å². The molecule has 0 aliphatic rings. The molecule has 0 saturated heterocycles. The van der Waals surface area contributed by atoms with E-state index in [4.69, 9.17) is 4.74 Å². The molecule has 1 N–H and O–H groups in total. The predicted octanol–water partition coefficient (Wildman–Crippen LogP) is 1.31. The number of nitro groups is 1. The lowest BCUT2D eigenvalue weighted by Gasteiger charge is -2.10. The summed E-state index contributed by atoms with van der Waals surface area (Å²) in [5, 5.41) is 13.4. The summed E-state index contributed by atoms with van der Waals surface area (Å²) in [6, 6.07) is 3.74. The lowest BCUT2D eigenvalue weighted by atomic mass is 10.2. The van der Waals surface area contributed by atoms with Gasteiger partial charge in [-0.3, -0.25) is 19.7 Å². The van der Waals surface area contributed by atoms with Gasteiger partial charge in [0.25, 0.3) is 5.91 Å². The zero-order chi connectivity index (χ0) is 14.4. The van der Waals surface area contributed by atoms with Gasteiger partial charge in [0.1, 0.15) is 6.29 Å². The minimum absolute atomic E-state index is 0.0384. The van der Waals surface area contributed by atoms with Crippen molar-refractivity contribution < 1.29 is 19.2 Å². The van der Waals surface area contributed by atoms with Gasteiger partial charge in [-0.25, -0.2) is 0 Å². The molecule has 0 spiro atoms. The SMILES string of the molecule is CC(C)NC(=O)COc1ccc(C=O)cc1[N+](=O)[O-]. The fourth-order valence-electron chi connectivity index (χ4n) is 1.38. The Bertz CT molecular complexity index is 499. The summed E-state index contributed by atoms with van der Waals surface area (Å²) in [6.07, 6.45) is 0.502. The van der Waals surface area contributed by atoms with Crippen LogP contribution < -0.4 is 10.1 Å². The van der Waals surface area contributed by atoms with E-state index in [0.29, 0.717) is 6.29 Å². The van der Waals surface area contributed by atoms with Crippen LogP contribution in [0.15, 0.2) is 18.2 Å². The van der Waals surface area contributed by atoms with Crippen LogP contribution in [-0.2, 0) is 4.79 Å². The third-order valence-electron chi connectivity index (χ3n) is 2.12. The zero-order valence-corrected chi connectivity index (χ0v) is 10.6. The quantitative estimate of drug-likeness (QED) is 0.475. The van der Waals surface area contributed by atoms with Crippen molar-refractivity contribution in [3.05, 3.63) is 33.9 Å². The second-order valence-electron chi connectivity index (χ2n) is 4.11. The standard InChI is InChI=1S/C12H14N2O5/c1-8(2)13-12(16)7-19-11-4-3-9(6-15)5-10(11)14(17)18/h3-6,8H,7H2,1-2H3,(H,13,16). The van der Waals surface area contributed by atoms with Crippen LogP contribution >= 0.6 is 0 Å². The molecule has 0 aliphatic carbocycles. The van der Waals surface area contributed by atoms with Crippen LogP contribution in [-0.4, -0.2) is 29.8 Å². The highest BCUT2D eigenvalue weighted by molar-refractivity contribution is 5.79. The maximum absolute atomic E-state index is 11.4. The minimum atomic E-state index is -0.664. The van der Waals surface area contributed by atoms with Crippen molar-refractivity contribution in [1.29, 1.82) is 0 Å². The van der Waals surface area contributed by atoms with Crippen molar-refractivity contribution >= 4 is 17.9 Å². The topological polar surface area (TPSA) is 98.5 Å². The highest BCUT2D eigenvalue weighted by Gasteiger charge is 2.17. The summed E-state index contributed by atoms with van der Waals surface area (Å²) in [6.45, 7) is 3.26. The van der Waals surface area contributed by atoms with Gasteiger partial charge in [0.2, 0.25) is 0 Å². The predicted molar refractivity (Wildman–Crippen MR) is 67.3 cm³/mol. The summed E-state index contributed by atoms with van der Waals surface area (Å²) in [5.74, 6) is -0.418. The number of nitro benzene ring substituents is 1. The lowest BCUT2D eigenvalue weighted by molar-refractivity contribution is -0.385. The van der Waals surface area contributed by atoms with E-state index in [2.05, 4.69) is 5.32 Å². The molecule has 0 bridgehead atoms. The molecule has 0 radical (unpaired) electrons. The molecule has 0 fully saturated rings. The maximum Gasteiger partial charge on any atom is 0.311 e. The van der Waals surface area contributed by atoms with Crippen LogP contribution in [0.5, 0.6) is 5.75 Å². The molecule has 1 amide bonds. The van der Waals surface area contributed by atoms with Crippen LogP contribution in [0.25, 0.3) is 0 Å². The number of aldehydes is 1. The average Bonchev–Trinajstić information content (AvgIpc) is 2.35. The Balaban J connectivity index is 2.80. The van der Waals surface area contributed by atoms with E-state index in [1.807, 2.05) is 0 Å². The number of rotatable bonds is 6. The monoisotopic (exact) mass is 266 g/mol. The molecule has 1 aromatic carbocycles. The van der Waals surface area contributed by atoms with Crippen molar-refractivity contribution in [3.8, 4) is 5.75 Å². The number of nitrogens with zero attached hydrogens (tertiary/aromatic N) is 1. The first-order valence-electron chi connectivity index (χ1n) is 5.60. The first kappa shape index (κ1) is 14.6. The Hall–Kier alpha value is -2.44. The van der Waals surface area contributed by atoms with Gasteiger partial charge in [-0.05, 0) is 26.0 Å². The Morgan fingerprint density at radius 2 is 2.21 bits per heavy atom. The average molecular weight is 266 g/mol. The van der Waals surface area contributed by atoms with Crippen molar-refractivity contribution in [2.24, 2.45) is 0 Å². The Kier molecular flexibility index (Phi) is 4.99. The first-order chi connectivity index (χ1) is 8.93. The number of carbonyl (C=O) groups excluding carboxylic acids is 2. The molecular weight excluding hydrogens is 252 g/mol. The van der Waals surface area contributed by atoms with Crippen molar-refractivity contribution in [2.75, 3.05) is 6.61 Å². The molecule has 0 saturated carbocycles. The number of benzene rings is 1. The fraction of sp³-hybridized carbons (Fsp3) is 0.333. The van der Waals surface area contributed by atoms with Crippen molar-refractivity contribution in [3.63, 3.8) is 0 Å². The van der Waals surface area contributed by atoms with Gasteiger partial charge in [-0.15, -0.1) is 0 Å². The van der Waals surface area contributed by atoms with Gasteiger partial charge in [0.05, 0.1) is 4.92 Å². The van der Waals surface area contributed by atoms with E-state index in [1.54, 1.807) is 13.8 Å². The smallest absolute Gasteiger partial charge is 0.311 e.